The topological polar surface area (TPSA) is 27.7 Å². The summed E-state index contributed by atoms with van der Waals surface area (Å²) in [4.78, 5) is 0. The fourth-order valence-electron chi connectivity index (χ4n) is 1.57. The third-order valence-electron chi connectivity index (χ3n) is 2.32. The monoisotopic (exact) mass is 286 g/mol. The SMILES string of the molecule is CC1(Br)OCC(COCc2ccccc2)O1. The molecule has 0 N–H and O–H groups in total. The third-order valence-corrected chi connectivity index (χ3v) is 2.74. The van der Waals surface area contributed by atoms with Crippen molar-refractivity contribution in [2.75, 3.05) is 13.2 Å². The van der Waals surface area contributed by atoms with Gasteiger partial charge in [0.05, 0.1) is 19.8 Å². The Bertz CT molecular complexity index is 326. The summed E-state index contributed by atoms with van der Waals surface area (Å²) in [5, 5.41) is 0. The van der Waals surface area contributed by atoms with Crippen molar-refractivity contribution in [1.82, 2.24) is 0 Å². The van der Waals surface area contributed by atoms with Gasteiger partial charge in [0.15, 0.2) is 0 Å². The molecule has 1 aromatic rings. The molecule has 0 saturated carbocycles. The molecule has 1 aliphatic heterocycles. The van der Waals surface area contributed by atoms with E-state index in [2.05, 4.69) is 15.9 Å². The zero-order valence-corrected chi connectivity index (χ0v) is 10.8. The summed E-state index contributed by atoms with van der Waals surface area (Å²) in [7, 11) is 0. The first-order chi connectivity index (χ1) is 7.66. The highest BCUT2D eigenvalue weighted by Gasteiger charge is 2.34. The number of rotatable bonds is 4. The Morgan fingerprint density at radius 2 is 2.19 bits per heavy atom. The summed E-state index contributed by atoms with van der Waals surface area (Å²) in [6.45, 7) is 3.57. The van der Waals surface area contributed by atoms with Gasteiger partial charge in [-0.2, -0.15) is 0 Å². The number of ether oxygens (including phenoxy) is 3. The van der Waals surface area contributed by atoms with Gasteiger partial charge < -0.3 is 14.2 Å². The molecule has 0 radical (unpaired) electrons. The zero-order valence-electron chi connectivity index (χ0n) is 9.19. The predicted octanol–water partition coefficient (Wildman–Crippen LogP) is 2.69. The van der Waals surface area contributed by atoms with Gasteiger partial charge in [-0.1, -0.05) is 30.3 Å². The van der Waals surface area contributed by atoms with Crippen LogP contribution < -0.4 is 0 Å². The van der Waals surface area contributed by atoms with Crippen molar-refractivity contribution < 1.29 is 14.2 Å². The molecule has 3 nitrogen and oxygen atoms in total. The smallest absolute Gasteiger partial charge is 0.223 e. The number of benzene rings is 1. The molecule has 0 bridgehead atoms. The van der Waals surface area contributed by atoms with Gasteiger partial charge in [0.1, 0.15) is 6.10 Å². The van der Waals surface area contributed by atoms with E-state index >= 15 is 0 Å². The lowest BCUT2D eigenvalue weighted by atomic mass is 10.2. The molecular formula is C12H15BrO3. The number of hydrogen-bond donors (Lipinski definition) is 0. The second kappa shape index (κ2) is 5.27. The largest absolute Gasteiger partial charge is 0.374 e. The van der Waals surface area contributed by atoms with Crippen LogP contribution in [0, 0.1) is 0 Å². The zero-order chi connectivity index (χ0) is 11.4. The normalized spacial score (nSPS) is 29.5. The van der Waals surface area contributed by atoms with Crippen molar-refractivity contribution in [1.29, 1.82) is 0 Å². The van der Waals surface area contributed by atoms with E-state index < -0.39 is 4.70 Å². The van der Waals surface area contributed by atoms with E-state index in [1.165, 1.54) is 5.56 Å². The van der Waals surface area contributed by atoms with Gasteiger partial charge >= 0.3 is 0 Å². The summed E-state index contributed by atoms with van der Waals surface area (Å²) >= 11 is 3.32. The maximum absolute atomic E-state index is 5.57. The molecule has 0 spiro atoms. The van der Waals surface area contributed by atoms with Crippen molar-refractivity contribution in [3.05, 3.63) is 35.9 Å². The molecular weight excluding hydrogens is 272 g/mol. The summed E-state index contributed by atoms with van der Waals surface area (Å²) in [6, 6.07) is 10.1. The number of alkyl halides is 1. The first kappa shape index (κ1) is 12.0. The minimum Gasteiger partial charge on any atom is -0.374 e. The highest BCUT2D eigenvalue weighted by Crippen LogP contribution is 2.29. The van der Waals surface area contributed by atoms with Gasteiger partial charge in [0.25, 0.3) is 0 Å². The van der Waals surface area contributed by atoms with Crippen molar-refractivity contribution in [3.8, 4) is 0 Å². The molecule has 0 aromatic heterocycles. The van der Waals surface area contributed by atoms with E-state index in [4.69, 9.17) is 14.2 Å². The minimum atomic E-state index is -0.645. The fourth-order valence-corrected chi connectivity index (χ4v) is 1.97. The first-order valence-electron chi connectivity index (χ1n) is 5.28. The van der Waals surface area contributed by atoms with Gasteiger partial charge in [-0.15, -0.1) is 0 Å². The van der Waals surface area contributed by atoms with Gasteiger partial charge in [-0.3, -0.25) is 0 Å². The third kappa shape index (κ3) is 3.56. The molecule has 4 heteroatoms. The molecule has 1 fully saturated rings. The molecule has 1 heterocycles. The molecule has 0 aliphatic carbocycles. The first-order valence-corrected chi connectivity index (χ1v) is 6.07. The van der Waals surface area contributed by atoms with Crippen LogP contribution in [0.25, 0.3) is 0 Å². The van der Waals surface area contributed by atoms with Crippen molar-refractivity contribution >= 4 is 15.9 Å². The van der Waals surface area contributed by atoms with Crippen LogP contribution in [0.2, 0.25) is 0 Å². The van der Waals surface area contributed by atoms with Gasteiger partial charge in [-0.25, -0.2) is 0 Å². The molecule has 1 aromatic carbocycles. The van der Waals surface area contributed by atoms with Crippen LogP contribution in [0.4, 0.5) is 0 Å². The molecule has 88 valence electrons. The van der Waals surface area contributed by atoms with Crippen LogP contribution in [0.15, 0.2) is 30.3 Å². The van der Waals surface area contributed by atoms with E-state index in [-0.39, 0.29) is 6.10 Å². The van der Waals surface area contributed by atoms with Crippen LogP contribution in [0.3, 0.4) is 0 Å². The van der Waals surface area contributed by atoms with Crippen molar-refractivity contribution in [2.24, 2.45) is 0 Å². The van der Waals surface area contributed by atoms with Crippen LogP contribution in [0.1, 0.15) is 12.5 Å². The molecule has 2 unspecified atom stereocenters. The average molecular weight is 287 g/mol. The average Bonchev–Trinajstić information content (AvgIpc) is 2.60. The molecule has 1 saturated heterocycles. The van der Waals surface area contributed by atoms with Crippen LogP contribution in [-0.4, -0.2) is 24.0 Å². The Hall–Kier alpha value is -0.420. The maximum Gasteiger partial charge on any atom is 0.223 e. The summed E-state index contributed by atoms with van der Waals surface area (Å²) < 4.78 is 15.9. The quantitative estimate of drug-likeness (QED) is 0.797. The van der Waals surface area contributed by atoms with Crippen LogP contribution in [-0.2, 0) is 20.8 Å². The summed E-state index contributed by atoms with van der Waals surface area (Å²) in [6.07, 6.45) is 0.00749. The van der Waals surface area contributed by atoms with E-state index in [9.17, 15) is 0 Å². The Balaban J connectivity index is 1.70. The number of halogens is 1. The van der Waals surface area contributed by atoms with Gasteiger partial charge in [0, 0.05) is 6.92 Å². The molecule has 1 aliphatic rings. The second-order valence-corrected chi connectivity index (χ2v) is 5.33. The lowest BCUT2D eigenvalue weighted by Crippen LogP contribution is -2.21. The Labute approximate surface area is 104 Å². The standard InChI is InChI=1S/C12H15BrO3/c1-12(13)15-9-11(16-12)8-14-7-10-5-3-2-4-6-10/h2-6,11H,7-9H2,1H3. The second-order valence-electron chi connectivity index (χ2n) is 3.89. The van der Waals surface area contributed by atoms with E-state index in [1.807, 2.05) is 37.3 Å². The fraction of sp³-hybridized carbons (Fsp3) is 0.500. The summed E-state index contributed by atoms with van der Waals surface area (Å²) in [5.41, 5.74) is 1.17. The lowest BCUT2D eigenvalue weighted by molar-refractivity contribution is -0.0821. The van der Waals surface area contributed by atoms with E-state index in [1.54, 1.807) is 0 Å². The Morgan fingerprint density at radius 3 is 2.81 bits per heavy atom. The molecule has 2 atom stereocenters. The predicted molar refractivity (Wildman–Crippen MR) is 64.3 cm³/mol. The molecule has 16 heavy (non-hydrogen) atoms. The Kier molecular flexibility index (Phi) is 3.97. The van der Waals surface area contributed by atoms with E-state index in [0.29, 0.717) is 19.8 Å². The minimum absolute atomic E-state index is 0.00749. The summed E-state index contributed by atoms with van der Waals surface area (Å²) in [5.74, 6) is 0. The van der Waals surface area contributed by atoms with E-state index in [0.717, 1.165) is 0 Å². The van der Waals surface area contributed by atoms with Gasteiger partial charge in [-0.05, 0) is 21.5 Å². The number of hydrogen-bond acceptors (Lipinski definition) is 3. The molecule has 2 rings (SSSR count). The molecule has 0 amide bonds. The van der Waals surface area contributed by atoms with Gasteiger partial charge in [0.2, 0.25) is 4.70 Å². The Morgan fingerprint density at radius 1 is 1.44 bits per heavy atom. The lowest BCUT2D eigenvalue weighted by Gasteiger charge is -2.14. The highest BCUT2D eigenvalue weighted by molar-refractivity contribution is 9.10. The van der Waals surface area contributed by atoms with Crippen LogP contribution >= 0.6 is 15.9 Å². The van der Waals surface area contributed by atoms with Crippen molar-refractivity contribution in [2.45, 2.75) is 24.3 Å². The highest BCUT2D eigenvalue weighted by atomic mass is 79.9. The van der Waals surface area contributed by atoms with Crippen molar-refractivity contribution in [3.63, 3.8) is 0 Å². The maximum atomic E-state index is 5.57. The van der Waals surface area contributed by atoms with Crippen LogP contribution in [0.5, 0.6) is 0 Å².